The molecular weight excluding hydrogens is 1360 g/mol. The summed E-state index contributed by atoms with van der Waals surface area (Å²) < 4.78 is 6.17. The van der Waals surface area contributed by atoms with Crippen LogP contribution in [-0.4, -0.2) is 275 Å². The fourth-order valence-corrected chi connectivity index (χ4v) is 17.6. The van der Waals surface area contributed by atoms with Gasteiger partial charge in [-0.25, -0.2) is 0 Å². The average molecular weight is 1480 g/mol. The number of amides is 12. The number of nitrogens with one attached hydrogen (secondary N) is 3. The minimum absolute atomic E-state index is 0.0317. The lowest BCUT2D eigenvalue weighted by Crippen LogP contribution is -2.71. The molecule has 2 saturated heterocycles. The van der Waals surface area contributed by atoms with Crippen molar-refractivity contribution in [3.05, 3.63) is 12.2 Å². The molecule has 3 N–H and O–H groups in total. The maximum absolute atomic E-state index is 15.8. The van der Waals surface area contributed by atoms with Gasteiger partial charge in [0.2, 0.25) is 70.9 Å². The monoisotopic (exact) mass is 1480 g/mol. The molecule has 0 aromatic rings. The van der Waals surface area contributed by atoms with E-state index in [4.69, 9.17) is 27.9 Å². The standard InChI is InChI=1S/C76H124Cl2N12O13/c1-17-47(6)64-72(100)84(12)43-63(93)85(13)56-24-22-21-23-35-89(71(56)99)60(38-49-27-25-46(5)26-28-49)70(98)83(11)42-61(91)79-55(34-32-48-31-33-53(77)54(78)36-48)68(96)90-41-52(103-20-4)39-58(90)67(95)81-76(44-75(7,8)45-76)74(102)88(16)65(51(18-2)19-3)73(101)87(15)59(69(97)82(9)10)40-62(92)86(14)57(66(94)80-64)37-50-29-30-50/h21-22,46-60,64-65H,17-20,23-45H2,1-16H3,(H,79,91)(H,80,94)(H,81,95)/b22-21-/t46?,47-,48?,49?,52+,53?,54?,55-,56-,57-,58-,59-,60-,64-,65-/m0/s1. The molecule has 3 aliphatic heterocycles. The molecule has 27 heteroatoms. The maximum atomic E-state index is 15.8. The van der Waals surface area contributed by atoms with Gasteiger partial charge in [-0.2, -0.15) is 0 Å². The summed E-state index contributed by atoms with van der Waals surface area (Å²) in [6.45, 7) is 14.7. The molecule has 3 unspecified atom stereocenters. The molecule has 7 rings (SSSR count). The number of fused-ring (bicyclic) bond motifs is 3. The highest BCUT2D eigenvalue weighted by Gasteiger charge is 2.59. The summed E-state index contributed by atoms with van der Waals surface area (Å²) in [5.41, 5.74) is -2.06. The first kappa shape index (κ1) is 84.2. The van der Waals surface area contributed by atoms with Crippen molar-refractivity contribution < 1.29 is 62.3 Å². The summed E-state index contributed by atoms with van der Waals surface area (Å²) in [4.78, 5) is 194. The van der Waals surface area contributed by atoms with E-state index in [2.05, 4.69) is 22.9 Å². The Labute approximate surface area is 623 Å². The fourth-order valence-electron chi connectivity index (χ4n) is 17.0. The highest BCUT2D eigenvalue weighted by atomic mass is 35.5. The quantitative estimate of drug-likeness (QED) is 0.122. The molecule has 4 saturated carbocycles. The van der Waals surface area contributed by atoms with Crippen LogP contribution in [0.15, 0.2) is 12.2 Å². The van der Waals surface area contributed by atoms with Crippen molar-refractivity contribution in [3.63, 3.8) is 0 Å². The smallest absolute Gasteiger partial charge is 0.248 e. The third-order valence-corrected chi connectivity index (χ3v) is 25.0. The number of nitrogens with zero attached hydrogens (tertiary/aromatic N) is 9. The summed E-state index contributed by atoms with van der Waals surface area (Å²) in [6, 6.07) is -9.54. The van der Waals surface area contributed by atoms with Crippen molar-refractivity contribution >= 4 is 94.1 Å². The van der Waals surface area contributed by atoms with E-state index in [9.17, 15) is 24.0 Å². The lowest BCUT2D eigenvalue weighted by Gasteiger charge is -2.54. The third kappa shape index (κ3) is 21.0. The lowest BCUT2D eigenvalue weighted by molar-refractivity contribution is -0.161. The number of alkyl halides is 2. The SMILES string of the molecule is CCO[C@@H]1C[C@H]2C(=O)NC3(CC(C)(C)C3)C(=O)N(C)[C@@H](C(CC)CC)C(=O)N(C)[C@H](C(=O)N(C)C)CC(=O)N(C)[C@@H](CC3CC3)C(=O)N[C@@H]([C@@H](C)CC)C(=O)N(C)CC(=O)N(C)[C@H]3C/C=C\CCN(C3=O)[C@@H](CC3CCC(C)CC3)C(=O)N(C)CC(=O)N[C@@H](CCC3CCC(Cl)C(Cl)C3)C(=O)N2C1. The summed E-state index contributed by atoms with van der Waals surface area (Å²) in [6.07, 6.45) is 12.8. The van der Waals surface area contributed by atoms with Crippen LogP contribution in [0.1, 0.15) is 197 Å². The fraction of sp³-hybridized carbons (Fsp3) is 0.816. The number of hydrogen-bond donors (Lipinski definition) is 3. The Bertz CT molecular complexity index is 3060. The summed E-state index contributed by atoms with van der Waals surface area (Å²) in [5, 5.41) is 8.56. The molecule has 12 amide bonds. The van der Waals surface area contributed by atoms with Crippen LogP contribution in [-0.2, 0) is 62.3 Å². The van der Waals surface area contributed by atoms with Gasteiger partial charge in [0.1, 0.15) is 53.9 Å². The zero-order chi connectivity index (χ0) is 76.3. The topological polar surface area (TPSA) is 279 Å². The van der Waals surface area contributed by atoms with Crippen LogP contribution >= 0.6 is 23.2 Å². The van der Waals surface area contributed by atoms with Crippen LogP contribution in [0.3, 0.4) is 0 Å². The highest BCUT2D eigenvalue weighted by Crippen LogP contribution is 2.50. The van der Waals surface area contributed by atoms with Crippen molar-refractivity contribution in [1.82, 2.24) is 60.0 Å². The average Bonchev–Trinajstić information content (AvgIpc) is 1.11. The predicted molar refractivity (Wildman–Crippen MR) is 394 cm³/mol. The van der Waals surface area contributed by atoms with Gasteiger partial charge >= 0.3 is 0 Å². The number of ether oxygens (including phenoxy) is 1. The van der Waals surface area contributed by atoms with Gasteiger partial charge in [0.15, 0.2) is 0 Å². The van der Waals surface area contributed by atoms with Crippen molar-refractivity contribution in [2.24, 2.45) is 40.9 Å². The van der Waals surface area contributed by atoms with E-state index < -0.39 is 168 Å². The predicted octanol–water partition coefficient (Wildman–Crippen LogP) is 6.19. The van der Waals surface area contributed by atoms with E-state index in [0.717, 1.165) is 44.9 Å². The molecule has 0 aromatic carbocycles. The second kappa shape index (κ2) is 37.0. The van der Waals surface area contributed by atoms with Crippen molar-refractivity contribution in [2.75, 3.05) is 89.2 Å². The van der Waals surface area contributed by atoms with Crippen molar-refractivity contribution in [2.45, 2.75) is 267 Å². The van der Waals surface area contributed by atoms with Crippen LogP contribution in [0.5, 0.6) is 0 Å². The van der Waals surface area contributed by atoms with Crippen LogP contribution in [0.25, 0.3) is 0 Å². The lowest BCUT2D eigenvalue weighted by atomic mass is 9.58. The van der Waals surface area contributed by atoms with Gasteiger partial charge in [0, 0.05) is 87.9 Å². The van der Waals surface area contributed by atoms with Crippen molar-refractivity contribution in [1.29, 1.82) is 0 Å². The first-order valence-corrected chi connectivity index (χ1v) is 39.2. The minimum Gasteiger partial charge on any atom is -0.377 e. The Morgan fingerprint density at radius 3 is 1.83 bits per heavy atom. The maximum Gasteiger partial charge on any atom is 0.248 e. The molecule has 25 nitrogen and oxygen atoms in total. The van der Waals surface area contributed by atoms with E-state index in [1.54, 1.807) is 11.8 Å². The molecule has 0 radical (unpaired) electrons. The van der Waals surface area contributed by atoms with Gasteiger partial charge in [-0.1, -0.05) is 118 Å². The van der Waals surface area contributed by atoms with Gasteiger partial charge in [-0.05, 0) is 118 Å². The van der Waals surface area contributed by atoms with E-state index >= 15 is 33.6 Å². The van der Waals surface area contributed by atoms with Crippen molar-refractivity contribution in [3.8, 4) is 0 Å². The van der Waals surface area contributed by atoms with Crippen LogP contribution in [0.2, 0.25) is 0 Å². The largest absolute Gasteiger partial charge is 0.377 e. The zero-order valence-corrected chi connectivity index (χ0v) is 66.2. The number of likely N-dealkylation sites (N-methyl/N-ethyl adjacent to an activating group) is 7. The Morgan fingerprint density at radius 2 is 1.24 bits per heavy atom. The first-order chi connectivity index (χ1) is 48.5. The number of carbonyl (C=O) groups is 12. The molecule has 2 bridgehead atoms. The Kier molecular flexibility index (Phi) is 30.2. The molecule has 103 heavy (non-hydrogen) atoms. The van der Waals surface area contributed by atoms with E-state index in [0.29, 0.717) is 57.3 Å². The van der Waals surface area contributed by atoms with Crippen LogP contribution in [0.4, 0.5) is 0 Å². The van der Waals surface area contributed by atoms with Crippen LogP contribution in [0, 0.1) is 40.9 Å². The van der Waals surface area contributed by atoms with E-state index in [-0.39, 0.29) is 86.7 Å². The number of carbonyl (C=O) groups excluding carboxylic acids is 12. The molecular formula is C76H124Cl2N12O13. The first-order valence-electron chi connectivity index (χ1n) is 38.4. The summed E-state index contributed by atoms with van der Waals surface area (Å²) in [7, 11) is 11.9. The third-order valence-electron chi connectivity index (χ3n) is 23.8. The Balaban J connectivity index is 1.32. The summed E-state index contributed by atoms with van der Waals surface area (Å²) >= 11 is 13.4. The normalized spacial score (nSPS) is 32.2. The van der Waals surface area contributed by atoms with Crippen LogP contribution < -0.4 is 16.0 Å². The highest BCUT2D eigenvalue weighted by molar-refractivity contribution is 6.30. The second-order valence-corrected chi connectivity index (χ2v) is 33.7. The van der Waals surface area contributed by atoms with E-state index in [1.807, 2.05) is 53.7 Å². The number of rotatable bonds is 15. The molecule has 7 aliphatic rings. The molecule has 0 aromatic heterocycles. The Hall–Kier alpha value is -6.08. The minimum atomic E-state index is -1.59. The number of halogens is 2. The second-order valence-electron chi connectivity index (χ2n) is 32.5. The molecule has 1 spiro atoms. The van der Waals surface area contributed by atoms with Gasteiger partial charge in [-0.3, -0.25) is 57.5 Å². The molecule has 3 heterocycles. The Morgan fingerprint density at radius 1 is 0.631 bits per heavy atom. The van der Waals surface area contributed by atoms with Gasteiger partial charge in [0.25, 0.3) is 0 Å². The number of hydrogen-bond acceptors (Lipinski definition) is 13. The summed E-state index contributed by atoms with van der Waals surface area (Å²) in [5.74, 6) is -7.40. The molecule has 580 valence electrons. The molecule has 6 fully saturated rings. The van der Waals surface area contributed by atoms with Gasteiger partial charge in [0.05, 0.1) is 31.0 Å². The van der Waals surface area contributed by atoms with Gasteiger partial charge in [-0.15, -0.1) is 23.2 Å². The van der Waals surface area contributed by atoms with Gasteiger partial charge < -0.3 is 64.8 Å². The van der Waals surface area contributed by atoms with E-state index in [1.165, 1.54) is 95.6 Å². The zero-order valence-electron chi connectivity index (χ0n) is 64.6. The molecule has 13 atom stereocenters. The molecule has 4 aliphatic carbocycles.